The van der Waals surface area contributed by atoms with Crippen LogP contribution in [0.5, 0.6) is 0 Å². The third kappa shape index (κ3) is 4.56. The highest BCUT2D eigenvalue weighted by Gasteiger charge is 2.21. The van der Waals surface area contributed by atoms with Crippen LogP contribution < -0.4 is 0 Å². The van der Waals surface area contributed by atoms with Gasteiger partial charge in [-0.15, -0.1) is 10.2 Å². The molecule has 0 aliphatic heterocycles. The van der Waals surface area contributed by atoms with Gasteiger partial charge in [0.25, 0.3) is 0 Å². The van der Waals surface area contributed by atoms with Crippen molar-refractivity contribution in [2.24, 2.45) is 0 Å². The van der Waals surface area contributed by atoms with Crippen molar-refractivity contribution < 1.29 is 12.8 Å². The van der Waals surface area contributed by atoms with Crippen molar-refractivity contribution in [1.29, 1.82) is 0 Å². The molecule has 3 aromatic rings. The van der Waals surface area contributed by atoms with Crippen LogP contribution in [-0.2, 0) is 27.9 Å². The average Bonchev–Trinajstić information content (AvgIpc) is 3.02. The largest absolute Gasteiger partial charge is 0.305 e. The van der Waals surface area contributed by atoms with Gasteiger partial charge in [0.2, 0.25) is 0 Å². The topological polar surface area (TPSA) is 64.8 Å². The Labute approximate surface area is 162 Å². The molecule has 0 spiro atoms. The highest BCUT2D eigenvalue weighted by molar-refractivity contribution is 7.98. The van der Waals surface area contributed by atoms with Gasteiger partial charge in [0.05, 0.1) is 4.90 Å². The number of aryl methyl sites for hydroxylation is 1. The number of rotatable bonds is 7. The Kier molecular flexibility index (Phi) is 5.96. The number of hydrogen-bond donors (Lipinski definition) is 0. The summed E-state index contributed by atoms with van der Waals surface area (Å²) >= 11 is 1.34. The van der Waals surface area contributed by atoms with Crippen LogP contribution in [0.3, 0.4) is 0 Å². The van der Waals surface area contributed by atoms with Gasteiger partial charge >= 0.3 is 0 Å². The zero-order chi connectivity index (χ0) is 19.4. The Morgan fingerprint density at radius 1 is 1.07 bits per heavy atom. The van der Waals surface area contributed by atoms with Gasteiger partial charge in [0, 0.05) is 12.3 Å². The first kappa shape index (κ1) is 19.6. The van der Waals surface area contributed by atoms with E-state index in [1.54, 1.807) is 47.0 Å². The quantitative estimate of drug-likeness (QED) is 0.556. The van der Waals surface area contributed by atoms with Crippen molar-refractivity contribution in [3.05, 3.63) is 71.3 Å². The molecule has 5 nitrogen and oxygen atoms in total. The SMILES string of the molecule is CCn1c(CS(=O)(=O)c2ccc(C)cc2)nnc1SCc1ccccc1F. The molecule has 0 N–H and O–H groups in total. The molecule has 1 heterocycles. The minimum Gasteiger partial charge on any atom is -0.305 e. The van der Waals surface area contributed by atoms with Crippen LogP contribution in [0.25, 0.3) is 0 Å². The van der Waals surface area contributed by atoms with E-state index < -0.39 is 9.84 Å². The highest BCUT2D eigenvalue weighted by Crippen LogP contribution is 2.25. The van der Waals surface area contributed by atoms with Crippen LogP contribution in [-0.4, -0.2) is 23.2 Å². The standard InChI is InChI=1S/C19H20FN3O2S2/c1-3-23-18(13-27(24,25)16-10-8-14(2)9-11-16)21-22-19(23)26-12-15-6-4-5-7-17(15)20/h4-11H,3,12-13H2,1-2H3. The smallest absolute Gasteiger partial charge is 0.191 e. The number of benzene rings is 2. The van der Waals surface area contributed by atoms with Crippen LogP contribution in [0.2, 0.25) is 0 Å². The third-order valence-corrected chi connectivity index (χ3v) is 6.77. The summed E-state index contributed by atoms with van der Waals surface area (Å²) in [5.41, 5.74) is 1.57. The number of nitrogens with zero attached hydrogens (tertiary/aromatic N) is 3. The number of aromatic nitrogens is 3. The number of halogens is 1. The van der Waals surface area contributed by atoms with E-state index in [4.69, 9.17) is 0 Å². The number of hydrogen-bond acceptors (Lipinski definition) is 5. The molecular formula is C19H20FN3O2S2. The molecule has 2 aromatic carbocycles. The monoisotopic (exact) mass is 405 g/mol. The lowest BCUT2D eigenvalue weighted by Crippen LogP contribution is -2.11. The Balaban J connectivity index is 1.79. The summed E-state index contributed by atoms with van der Waals surface area (Å²) in [6.07, 6.45) is 0. The number of thioether (sulfide) groups is 1. The van der Waals surface area contributed by atoms with Gasteiger partial charge in [-0.3, -0.25) is 0 Å². The molecule has 0 radical (unpaired) electrons. The predicted molar refractivity (Wildman–Crippen MR) is 104 cm³/mol. The Hall–Kier alpha value is -2.19. The Morgan fingerprint density at radius 3 is 2.44 bits per heavy atom. The van der Waals surface area contributed by atoms with Gasteiger partial charge in [-0.25, -0.2) is 12.8 Å². The predicted octanol–water partition coefficient (Wildman–Crippen LogP) is 4.01. The lowest BCUT2D eigenvalue weighted by Gasteiger charge is -2.08. The number of sulfone groups is 1. The van der Waals surface area contributed by atoms with Gasteiger partial charge in [-0.2, -0.15) is 0 Å². The van der Waals surface area contributed by atoms with Crippen molar-refractivity contribution >= 4 is 21.6 Å². The van der Waals surface area contributed by atoms with Crippen LogP contribution in [0, 0.1) is 12.7 Å². The second-order valence-corrected chi connectivity index (χ2v) is 9.03. The summed E-state index contributed by atoms with van der Waals surface area (Å²) in [6, 6.07) is 13.3. The highest BCUT2D eigenvalue weighted by atomic mass is 32.2. The molecule has 0 aliphatic carbocycles. The lowest BCUT2D eigenvalue weighted by atomic mass is 10.2. The molecule has 0 aliphatic rings. The Bertz CT molecular complexity index is 1030. The first-order chi connectivity index (χ1) is 12.9. The van der Waals surface area contributed by atoms with E-state index in [1.807, 2.05) is 13.8 Å². The van der Waals surface area contributed by atoms with E-state index in [2.05, 4.69) is 10.2 Å². The zero-order valence-electron chi connectivity index (χ0n) is 15.1. The summed E-state index contributed by atoms with van der Waals surface area (Å²) in [7, 11) is -3.52. The van der Waals surface area contributed by atoms with Gasteiger partial charge in [0.15, 0.2) is 15.0 Å². The fourth-order valence-electron chi connectivity index (χ4n) is 2.61. The minimum absolute atomic E-state index is 0.225. The summed E-state index contributed by atoms with van der Waals surface area (Å²) < 4.78 is 40.9. The molecular weight excluding hydrogens is 385 g/mol. The maximum absolute atomic E-state index is 13.8. The molecule has 8 heteroatoms. The van der Waals surface area contributed by atoms with E-state index in [0.29, 0.717) is 28.8 Å². The first-order valence-corrected chi connectivity index (χ1v) is 11.1. The summed E-state index contributed by atoms with van der Waals surface area (Å²) in [5.74, 6) is 0.288. The van der Waals surface area contributed by atoms with E-state index in [1.165, 1.54) is 17.8 Å². The lowest BCUT2D eigenvalue weighted by molar-refractivity contribution is 0.588. The molecule has 0 amide bonds. The molecule has 0 saturated heterocycles. The fraction of sp³-hybridized carbons (Fsp3) is 0.263. The summed E-state index contributed by atoms with van der Waals surface area (Å²) in [5, 5.41) is 8.76. The van der Waals surface area contributed by atoms with Crippen LogP contribution in [0.1, 0.15) is 23.9 Å². The molecule has 1 aromatic heterocycles. The first-order valence-electron chi connectivity index (χ1n) is 8.48. The molecule has 0 saturated carbocycles. The molecule has 0 bridgehead atoms. The molecule has 27 heavy (non-hydrogen) atoms. The molecule has 142 valence electrons. The van der Waals surface area contributed by atoms with Crippen molar-refractivity contribution in [3.63, 3.8) is 0 Å². The second kappa shape index (κ2) is 8.22. The van der Waals surface area contributed by atoms with E-state index in [0.717, 1.165) is 5.56 Å². The fourth-order valence-corrected chi connectivity index (χ4v) is 4.89. The molecule has 3 rings (SSSR count). The molecule has 0 unspecified atom stereocenters. The summed E-state index contributed by atoms with van der Waals surface area (Å²) in [6.45, 7) is 4.34. The van der Waals surface area contributed by atoms with Gasteiger partial charge in [0.1, 0.15) is 17.4 Å². The van der Waals surface area contributed by atoms with Gasteiger partial charge in [-0.05, 0) is 37.6 Å². The van der Waals surface area contributed by atoms with Crippen molar-refractivity contribution in [3.8, 4) is 0 Å². The third-order valence-electron chi connectivity index (χ3n) is 4.12. The van der Waals surface area contributed by atoms with E-state index in [-0.39, 0.29) is 16.5 Å². The average molecular weight is 406 g/mol. The molecule has 0 fully saturated rings. The van der Waals surface area contributed by atoms with Crippen LogP contribution in [0.4, 0.5) is 4.39 Å². The van der Waals surface area contributed by atoms with Crippen LogP contribution in [0.15, 0.2) is 58.6 Å². The summed E-state index contributed by atoms with van der Waals surface area (Å²) in [4.78, 5) is 0.263. The van der Waals surface area contributed by atoms with Gasteiger partial charge < -0.3 is 4.57 Å². The van der Waals surface area contributed by atoms with Crippen molar-refractivity contribution in [2.75, 3.05) is 0 Å². The van der Waals surface area contributed by atoms with Gasteiger partial charge in [-0.1, -0.05) is 47.7 Å². The minimum atomic E-state index is -3.52. The van der Waals surface area contributed by atoms with E-state index in [9.17, 15) is 12.8 Å². The maximum atomic E-state index is 13.8. The van der Waals surface area contributed by atoms with E-state index >= 15 is 0 Å². The zero-order valence-corrected chi connectivity index (χ0v) is 16.7. The maximum Gasteiger partial charge on any atom is 0.191 e. The van der Waals surface area contributed by atoms with Crippen molar-refractivity contribution in [2.45, 2.75) is 41.9 Å². The van der Waals surface area contributed by atoms with Crippen LogP contribution >= 0.6 is 11.8 Å². The normalized spacial score (nSPS) is 11.7. The second-order valence-electron chi connectivity index (χ2n) is 6.10. The molecule has 0 atom stereocenters. The Morgan fingerprint density at radius 2 is 1.78 bits per heavy atom. The van der Waals surface area contributed by atoms with Crippen molar-refractivity contribution in [1.82, 2.24) is 14.8 Å².